The van der Waals surface area contributed by atoms with Gasteiger partial charge in [-0.2, -0.15) is 0 Å². The standard InChI is InChI=1S/C13H23N3O/c17-13(12-3-1-2-6-14-12)16-9-7-15(8-10-16)11-4-5-11/h11-12,14H,1-10H2/t12-/m0/s1. The average Bonchev–Trinajstić information content (AvgIpc) is 3.24. The lowest BCUT2D eigenvalue weighted by Gasteiger charge is -2.37. The first-order valence-electron chi connectivity index (χ1n) is 7.11. The summed E-state index contributed by atoms with van der Waals surface area (Å²) in [5.74, 6) is 0.347. The third-order valence-corrected chi connectivity index (χ3v) is 4.30. The summed E-state index contributed by atoms with van der Waals surface area (Å²) >= 11 is 0. The molecule has 1 atom stereocenters. The van der Waals surface area contributed by atoms with Crippen molar-refractivity contribution in [1.29, 1.82) is 0 Å². The van der Waals surface area contributed by atoms with E-state index in [4.69, 9.17) is 0 Å². The highest BCUT2D eigenvalue weighted by molar-refractivity contribution is 5.82. The second-order valence-electron chi connectivity index (χ2n) is 5.59. The van der Waals surface area contributed by atoms with Gasteiger partial charge in [0.1, 0.15) is 0 Å². The summed E-state index contributed by atoms with van der Waals surface area (Å²) in [7, 11) is 0. The van der Waals surface area contributed by atoms with E-state index in [2.05, 4.69) is 15.1 Å². The predicted molar refractivity (Wildman–Crippen MR) is 66.8 cm³/mol. The molecule has 1 amide bonds. The van der Waals surface area contributed by atoms with Crippen LogP contribution in [0.25, 0.3) is 0 Å². The molecule has 2 heterocycles. The molecule has 0 aromatic rings. The lowest BCUT2D eigenvalue weighted by atomic mass is 10.0. The van der Waals surface area contributed by atoms with Crippen molar-refractivity contribution < 1.29 is 4.79 Å². The van der Waals surface area contributed by atoms with E-state index in [1.165, 1.54) is 25.7 Å². The molecule has 17 heavy (non-hydrogen) atoms. The zero-order valence-electron chi connectivity index (χ0n) is 10.5. The number of hydrogen-bond donors (Lipinski definition) is 1. The minimum absolute atomic E-state index is 0.108. The topological polar surface area (TPSA) is 35.6 Å². The van der Waals surface area contributed by atoms with Gasteiger partial charge in [0.05, 0.1) is 6.04 Å². The lowest BCUT2D eigenvalue weighted by Crippen LogP contribution is -2.55. The lowest BCUT2D eigenvalue weighted by molar-refractivity contribution is -0.135. The van der Waals surface area contributed by atoms with Crippen molar-refractivity contribution in [3.8, 4) is 0 Å². The SMILES string of the molecule is O=C([C@@H]1CCCCN1)N1CCN(C2CC2)CC1. The number of piperazine rings is 1. The summed E-state index contributed by atoms with van der Waals surface area (Å²) in [6.45, 7) is 5.06. The minimum Gasteiger partial charge on any atom is -0.339 e. The van der Waals surface area contributed by atoms with Crippen LogP contribution < -0.4 is 5.32 Å². The van der Waals surface area contributed by atoms with Crippen LogP contribution in [0, 0.1) is 0 Å². The van der Waals surface area contributed by atoms with Crippen molar-refractivity contribution >= 4 is 5.91 Å². The third-order valence-electron chi connectivity index (χ3n) is 4.30. The molecule has 4 heteroatoms. The molecular weight excluding hydrogens is 214 g/mol. The zero-order chi connectivity index (χ0) is 11.7. The van der Waals surface area contributed by atoms with Gasteiger partial charge in [0, 0.05) is 32.2 Å². The van der Waals surface area contributed by atoms with Gasteiger partial charge in [-0.25, -0.2) is 0 Å². The van der Waals surface area contributed by atoms with Gasteiger partial charge in [-0.3, -0.25) is 9.69 Å². The fourth-order valence-corrected chi connectivity index (χ4v) is 3.03. The zero-order valence-corrected chi connectivity index (χ0v) is 10.5. The van der Waals surface area contributed by atoms with Crippen LogP contribution in [0.1, 0.15) is 32.1 Å². The Labute approximate surface area is 103 Å². The average molecular weight is 237 g/mol. The fraction of sp³-hybridized carbons (Fsp3) is 0.923. The monoisotopic (exact) mass is 237 g/mol. The first-order chi connectivity index (χ1) is 8.34. The number of rotatable bonds is 2. The van der Waals surface area contributed by atoms with Gasteiger partial charge < -0.3 is 10.2 Å². The van der Waals surface area contributed by atoms with Crippen molar-refractivity contribution in [3.05, 3.63) is 0 Å². The maximum absolute atomic E-state index is 12.3. The van der Waals surface area contributed by atoms with Crippen molar-refractivity contribution in [1.82, 2.24) is 15.1 Å². The van der Waals surface area contributed by atoms with E-state index < -0.39 is 0 Å². The van der Waals surface area contributed by atoms with Crippen LogP contribution in [0.2, 0.25) is 0 Å². The number of carbonyl (C=O) groups excluding carboxylic acids is 1. The molecule has 4 nitrogen and oxygen atoms in total. The van der Waals surface area contributed by atoms with Crippen LogP contribution >= 0.6 is 0 Å². The van der Waals surface area contributed by atoms with E-state index in [-0.39, 0.29) is 6.04 Å². The molecule has 3 rings (SSSR count). The molecule has 1 N–H and O–H groups in total. The van der Waals surface area contributed by atoms with Crippen molar-refractivity contribution in [2.75, 3.05) is 32.7 Å². The normalized spacial score (nSPS) is 31.5. The van der Waals surface area contributed by atoms with Crippen LogP contribution in [-0.4, -0.2) is 60.5 Å². The maximum Gasteiger partial charge on any atom is 0.239 e. The molecule has 2 saturated heterocycles. The Morgan fingerprint density at radius 3 is 2.35 bits per heavy atom. The number of nitrogens with zero attached hydrogens (tertiary/aromatic N) is 2. The molecule has 3 aliphatic rings. The van der Waals surface area contributed by atoms with E-state index in [9.17, 15) is 4.79 Å². The van der Waals surface area contributed by atoms with Crippen molar-refractivity contribution in [2.45, 2.75) is 44.2 Å². The second kappa shape index (κ2) is 4.94. The molecule has 1 aliphatic carbocycles. The van der Waals surface area contributed by atoms with E-state index in [0.29, 0.717) is 5.91 Å². The maximum atomic E-state index is 12.3. The van der Waals surface area contributed by atoms with Gasteiger partial charge in [0.2, 0.25) is 5.91 Å². The number of nitrogens with one attached hydrogen (secondary N) is 1. The number of amides is 1. The highest BCUT2D eigenvalue weighted by Crippen LogP contribution is 2.27. The van der Waals surface area contributed by atoms with Gasteiger partial charge >= 0.3 is 0 Å². The van der Waals surface area contributed by atoms with E-state index in [1.54, 1.807) is 0 Å². The van der Waals surface area contributed by atoms with Crippen LogP contribution in [0.3, 0.4) is 0 Å². The minimum atomic E-state index is 0.108. The largest absolute Gasteiger partial charge is 0.339 e. The number of piperidine rings is 1. The Balaban J connectivity index is 1.49. The Hall–Kier alpha value is -0.610. The van der Waals surface area contributed by atoms with E-state index in [0.717, 1.165) is 45.2 Å². The molecule has 0 spiro atoms. The summed E-state index contributed by atoms with van der Waals surface area (Å²) in [6.07, 6.45) is 6.20. The molecule has 0 aromatic carbocycles. The number of carbonyl (C=O) groups is 1. The van der Waals surface area contributed by atoms with Gasteiger partial charge in [0.15, 0.2) is 0 Å². The molecular formula is C13H23N3O. The Morgan fingerprint density at radius 2 is 1.76 bits per heavy atom. The van der Waals surface area contributed by atoms with Gasteiger partial charge in [-0.1, -0.05) is 6.42 Å². The molecule has 0 aromatic heterocycles. The summed E-state index contributed by atoms with van der Waals surface area (Å²) in [4.78, 5) is 16.9. The number of hydrogen-bond acceptors (Lipinski definition) is 3. The van der Waals surface area contributed by atoms with Crippen LogP contribution in [0.5, 0.6) is 0 Å². The summed E-state index contributed by atoms with van der Waals surface area (Å²) in [5, 5.41) is 3.36. The van der Waals surface area contributed by atoms with Crippen molar-refractivity contribution in [3.63, 3.8) is 0 Å². The molecule has 3 fully saturated rings. The van der Waals surface area contributed by atoms with Crippen LogP contribution in [0.4, 0.5) is 0 Å². The Morgan fingerprint density at radius 1 is 1.00 bits per heavy atom. The quantitative estimate of drug-likeness (QED) is 0.757. The van der Waals surface area contributed by atoms with Gasteiger partial charge in [-0.05, 0) is 32.2 Å². The first-order valence-corrected chi connectivity index (χ1v) is 7.11. The Kier molecular flexibility index (Phi) is 3.34. The van der Waals surface area contributed by atoms with Gasteiger partial charge in [0.25, 0.3) is 0 Å². The van der Waals surface area contributed by atoms with E-state index >= 15 is 0 Å². The molecule has 1 saturated carbocycles. The molecule has 2 aliphatic heterocycles. The highest BCUT2D eigenvalue weighted by Gasteiger charge is 2.33. The predicted octanol–water partition coefficient (Wildman–Crippen LogP) is 0.435. The summed E-state index contributed by atoms with van der Waals surface area (Å²) in [5.41, 5.74) is 0. The molecule has 96 valence electrons. The second-order valence-corrected chi connectivity index (χ2v) is 5.59. The molecule has 0 unspecified atom stereocenters. The summed E-state index contributed by atoms with van der Waals surface area (Å²) < 4.78 is 0. The molecule has 0 radical (unpaired) electrons. The Bertz CT molecular complexity index is 276. The van der Waals surface area contributed by atoms with Crippen LogP contribution in [-0.2, 0) is 4.79 Å². The van der Waals surface area contributed by atoms with Crippen molar-refractivity contribution in [2.24, 2.45) is 0 Å². The third kappa shape index (κ3) is 2.63. The smallest absolute Gasteiger partial charge is 0.239 e. The van der Waals surface area contributed by atoms with E-state index in [1.807, 2.05) is 0 Å². The van der Waals surface area contributed by atoms with Gasteiger partial charge in [-0.15, -0.1) is 0 Å². The van der Waals surface area contributed by atoms with Crippen LogP contribution in [0.15, 0.2) is 0 Å². The highest BCUT2D eigenvalue weighted by atomic mass is 16.2. The fourth-order valence-electron chi connectivity index (χ4n) is 3.03. The first kappa shape index (κ1) is 11.5. The molecule has 0 bridgehead atoms. The summed E-state index contributed by atoms with van der Waals surface area (Å²) in [6, 6.07) is 0.955.